The molecule has 0 amide bonds. The molecule has 2 nitrogen and oxygen atoms in total. The van der Waals surface area contributed by atoms with E-state index in [9.17, 15) is 0 Å². The van der Waals surface area contributed by atoms with Crippen molar-refractivity contribution in [1.29, 1.82) is 0 Å². The normalized spacial score (nSPS) is 10.6. The van der Waals surface area contributed by atoms with Crippen LogP contribution >= 0.6 is 0 Å². The molecule has 0 bridgehead atoms. The lowest BCUT2D eigenvalue weighted by Crippen LogP contribution is -2.00. The lowest BCUT2D eigenvalue weighted by atomic mass is 9.99. The van der Waals surface area contributed by atoms with Gasteiger partial charge in [-0.05, 0) is 66.8 Å². The summed E-state index contributed by atoms with van der Waals surface area (Å²) >= 11 is 0. The highest BCUT2D eigenvalue weighted by Gasteiger charge is 2.06. The quantitative estimate of drug-likeness (QED) is 0.656. The van der Waals surface area contributed by atoms with Crippen molar-refractivity contribution < 1.29 is 4.74 Å². The molecular formula is C21H21NO. The van der Waals surface area contributed by atoms with Crippen molar-refractivity contribution in [2.45, 2.75) is 27.4 Å². The SMILES string of the molecule is Cc1cc(OCc2ncccc2C)cc(-c2ccccc2C)c1. The fourth-order valence-corrected chi connectivity index (χ4v) is 2.70. The van der Waals surface area contributed by atoms with Crippen molar-refractivity contribution in [3.63, 3.8) is 0 Å². The molecule has 0 fully saturated rings. The first-order valence-corrected chi connectivity index (χ1v) is 7.84. The number of pyridine rings is 1. The Kier molecular flexibility index (Phi) is 4.42. The Hall–Kier alpha value is -2.61. The minimum atomic E-state index is 0.489. The number of nitrogens with zero attached hydrogens (tertiary/aromatic N) is 1. The Morgan fingerprint density at radius 1 is 0.870 bits per heavy atom. The molecular weight excluding hydrogens is 282 g/mol. The monoisotopic (exact) mass is 303 g/mol. The molecule has 2 aromatic carbocycles. The first-order valence-electron chi connectivity index (χ1n) is 7.84. The Labute approximate surface area is 137 Å². The summed E-state index contributed by atoms with van der Waals surface area (Å²) in [4.78, 5) is 4.39. The second-order valence-corrected chi connectivity index (χ2v) is 5.91. The first-order chi connectivity index (χ1) is 11.1. The van der Waals surface area contributed by atoms with Gasteiger partial charge in [-0.25, -0.2) is 0 Å². The summed E-state index contributed by atoms with van der Waals surface area (Å²) in [7, 11) is 0. The van der Waals surface area contributed by atoms with Gasteiger partial charge in [0, 0.05) is 6.20 Å². The second-order valence-electron chi connectivity index (χ2n) is 5.91. The van der Waals surface area contributed by atoms with Crippen molar-refractivity contribution in [1.82, 2.24) is 4.98 Å². The van der Waals surface area contributed by atoms with Crippen LogP contribution in [0.1, 0.15) is 22.4 Å². The van der Waals surface area contributed by atoms with Crippen LogP contribution in [-0.4, -0.2) is 4.98 Å². The van der Waals surface area contributed by atoms with Crippen LogP contribution < -0.4 is 4.74 Å². The Morgan fingerprint density at radius 3 is 2.43 bits per heavy atom. The Morgan fingerprint density at radius 2 is 1.65 bits per heavy atom. The zero-order chi connectivity index (χ0) is 16.2. The van der Waals surface area contributed by atoms with Gasteiger partial charge in [0.15, 0.2) is 0 Å². The van der Waals surface area contributed by atoms with Gasteiger partial charge in [0.05, 0.1) is 5.69 Å². The van der Waals surface area contributed by atoms with Gasteiger partial charge in [-0.1, -0.05) is 36.4 Å². The van der Waals surface area contributed by atoms with E-state index >= 15 is 0 Å². The van der Waals surface area contributed by atoms with Crippen molar-refractivity contribution in [3.05, 3.63) is 83.2 Å². The molecule has 116 valence electrons. The maximum atomic E-state index is 5.99. The largest absolute Gasteiger partial charge is 0.487 e. The fourth-order valence-electron chi connectivity index (χ4n) is 2.70. The minimum Gasteiger partial charge on any atom is -0.487 e. The predicted octanol–water partition coefficient (Wildman–Crippen LogP) is 5.25. The lowest BCUT2D eigenvalue weighted by Gasteiger charge is -2.12. The summed E-state index contributed by atoms with van der Waals surface area (Å²) in [5.74, 6) is 0.883. The third-order valence-electron chi connectivity index (χ3n) is 4.00. The highest BCUT2D eigenvalue weighted by Crippen LogP contribution is 2.28. The predicted molar refractivity (Wildman–Crippen MR) is 94.7 cm³/mol. The zero-order valence-corrected chi connectivity index (χ0v) is 13.8. The van der Waals surface area contributed by atoms with Crippen molar-refractivity contribution in [3.8, 4) is 16.9 Å². The third kappa shape index (κ3) is 3.59. The van der Waals surface area contributed by atoms with Gasteiger partial charge in [0.2, 0.25) is 0 Å². The van der Waals surface area contributed by atoms with Gasteiger partial charge in [-0.3, -0.25) is 4.98 Å². The molecule has 1 aromatic heterocycles. The molecule has 0 N–H and O–H groups in total. The number of hydrogen-bond acceptors (Lipinski definition) is 2. The first kappa shape index (κ1) is 15.3. The molecule has 0 aliphatic heterocycles. The van der Waals surface area contributed by atoms with Crippen LogP contribution in [0.2, 0.25) is 0 Å². The Bertz CT molecular complexity index is 824. The standard InChI is InChI=1S/C21H21NO/c1-15-11-18(20-9-5-4-7-16(20)2)13-19(12-15)23-14-21-17(3)8-6-10-22-21/h4-13H,14H2,1-3H3. The number of rotatable bonds is 4. The van der Waals surface area contributed by atoms with Crippen LogP contribution in [0.15, 0.2) is 60.8 Å². The second kappa shape index (κ2) is 6.66. The molecule has 0 aliphatic carbocycles. The van der Waals surface area contributed by atoms with Crippen molar-refractivity contribution in [2.75, 3.05) is 0 Å². The molecule has 0 spiro atoms. The molecule has 1 heterocycles. The van der Waals surface area contributed by atoms with E-state index in [4.69, 9.17) is 4.74 Å². The van der Waals surface area contributed by atoms with Gasteiger partial charge in [0.25, 0.3) is 0 Å². The van der Waals surface area contributed by atoms with Gasteiger partial charge in [0.1, 0.15) is 12.4 Å². The van der Waals surface area contributed by atoms with Gasteiger partial charge in [-0.2, -0.15) is 0 Å². The third-order valence-corrected chi connectivity index (χ3v) is 4.00. The van der Waals surface area contributed by atoms with Crippen LogP contribution in [0.3, 0.4) is 0 Å². The highest BCUT2D eigenvalue weighted by atomic mass is 16.5. The van der Waals surface area contributed by atoms with Gasteiger partial charge >= 0.3 is 0 Å². The minimum absolute atomic E-state index is 0.489. The molecule has 0 saturated carbocycles. The molecule has 2 heteroatoms. The maximum Gasteiger partial charge on any atom is 0.130 e. The van der Waals surface area contributed by atoms with Crippen LogP contribution in [0.4, 0.5) is 0 Å². The molecule has 0 unspecified atom stereocenters. The van der Waals surface area contributed by atoms with E-state index in [0.717, 1.165) is 17.0 Å². The summed E-state index contributed by atoms with van der Waals surface area (Å²) in [5, 5.41) is 0. The highest BCUT2D eigenvalue weighted by molar-refractivity contribution is 5.69. The molecule has 0 aliphatic rings. The van der Waals surface area contributed by atoms with E-state index in [-0.39, 0.29) is 0 Å². The molecule has 3 aromatic rings. The Balaban J connectivity index is 1.87. The molecule has 0 radical (unpaired) electrons. The van der Waals surface area contributed by atoms with Gasteiger partial charge < -0.3 is 4.74 Å². The number of aryl methyl sites for hydroxylation is 3. The summed E-state index contributed by atoms with van der Waals surface area (Å²) in [6, 6.07) is 18.8. The van der Waals surface area contributed by atoms with E-state index in [0.29, 0.717) is 6.61 Å². The summed E-state index contributed by atoms with van der Waals surface area (Å²) in [6.07, 6.45) is 1.81. The van der Waals surface area contributed by atoms with E-state index < -0.39 is 0 Å². The number of ether oxygens (including phenoxy) is 1. The average molecular weight is 303 g/mol. The topological polar surface area (TPSA) is 22.1 Å². The van der Waals surface area contributed by atoms with E-state index in [1.807, 2.05) is 6.07 Å². The van der Waals surface area contributed by atoms with E-state index in [1.54, 1.807) is 6.20 Å². The number of hydrogen-bond donors (Lipinski definition) is 0. The van der Waals surface area contributed by atoms with Crippen LogP contribution in [0, 0.1) is 20.8 Å². The molecule has 0 saturated heterocycles. The zero-order valence-electron chi connectivity index (χ0n) is 13.8. The fraction of sp³-hybridized carbons (Fsp3) is 0.190. The number of benzene rings is 2. The average Bonchev–Trinajstić information content (AvgIpc) is 2.54. The molecule has 23 heavy (non-hydrogen) atoms. The van der Waals surface area contributed by atoms with Crippen LogP contribution in [0.25, 0.3) is 11.1 Å². The van der Waals surface area contributed by atoms with E-state index in [2.05, 4.69) is 74.3 Å². The van der Waals surface area contributed by atoms with Gasteiger partial charge in [-0.15, -0.1) is 0 Å². The number of aromatic nitrogens is 1. The molecule has 3 rings (SSSR count). The summed E-state index contributed by atoms with van der Waals surface area (Å²) < 4.78 is 5.99. The summed E-state index contributed by atoms with van der Waals surface area (Å²) in [6.45, 7) is 6.78. The van der Waals surface area contributed by atoms with Crippen LogP contribution in [0.5, 0.6) is 5.75 Å². The van der Waals surface area contributed by atoms with Crippen LogP contribution in [-0.2, 0) is 6.61 Å². The summed E-state index contributed by atoms with van der Waals surface area (Å²) in [5.41, 5.74) is 7.03. The van der Waals surface area contributed by atoms with Crippen molar-refractivity contribution >= 4 is 0 Å². The lowest BCUT2D eigenvalue weighted by molar-refractivity contribution is 0.300. The maximum absolute atomic E-state index is 5.99. The van der Waals surface area contributed by atoms with Crippen molar-refractivity contribution in [2.24, 2.45) is 0 Å². The van der Waals surface area contributed by atoms with E-state index in [1.165, 1.54) is 22.3 Å². The smallest absolute Gasteiger partial charge is 0.130 e. The molecule has 0 atom stereocenters.